The second kappa shape index (κ2) is 39.0. The number of allylic oxidation sites excluding steroid dienone is 5. The van der Waals surface area contributed by atoms with Crippen molar-refractivity contribution < 1.29 is 64.6 Å². The van der Waals surface area contributed by atoms with E-state index in [2.05, 4.69) is 43.5 Å². The molecule has 0 spiro atoms. The van der Waals surface area contributed by atoms with E-state index in [0.717, 1.165) is 44.9 Å². The molecule has 0 aromatic rings. The number of hydrogen-bond donors (Lipinski definition) is 9. The third kappa shape index (κ3) is 25.7. The summed E-state index contributed by atoms with van der Waals surface area (Å²) in [5.74, 6) is -0.253. The zero-order valence-electron chi connectivity index (χ0n) is 40.9. The first-order valence-electron chi connectivity index (χ1n) is 26.2. The lowest BCUT2D eigenvalue weighted by Gasteiger charge is -2.46. The minimum atomic E-state index is -1.79. The highest BCUT2D eigenvalue weighted by Crippen LogP contribution is 2.30. The first-order chi connectivity index (χ1) is 32.1. The summed E-state index contributed by atoms with van der Waals surface area (Å²) in [6.07, 6.45) is 27.6. The monoisotopic (exact) mass is 942 g/mol. The van der Waals surface area contributed by atoms with Gasteiger partial charge in [0.15, 0.2) is 12.6 Å². The summed E-state index contributed by atoms with van der Waals surface area (Å²) in [4.78, 5) is 13.2. The average molecular weight is 942 g/mol. The van der Waals surface area contributed by atoms with Gasteiger partial charge in [0.05, 0.1) is 32.0 Å². The Hall–Kier alpha value is -1.79. The van der Waals surface area contributed by atoms with Crippen molar-refractivity contribution in [1.82, 2.24) is 5.32 Å². The van der Waals surface area contributed by atoms with Gasteiger partial charge in [-0.3, -0.25) is 4.79 Å². The number of aliphatic hydroxyl groups excluding tert-OH is 8. The van der Waals surface area contributed by atoms with Gasteiger partial charge in [0.1, 0.15) is 48.8 Å². The summed E-state index contributed by atoms with van der Waals surface area (Å²) in [6.45, 7) is 2.73. The molecular weight excluding hydrogens is 847 g/mol. The van der Waals surface area contributed by atoms with E-state index in [-0.39, 0.29) is 18.9 Å². The van der Waals surface area contributed by atoms with Crippen molar-refractivity contribution in [3.05, 3.63) is 36.5 Å². The van der Waals surface area contributed by atoms with Crippen molar-refractivity contribution in [1.29, 1.82) is 0 Å². The highest BCUT2D eigenvalue weighted by Gasteiger charge is 2.51. The molecule has 0 bridgehead atoms. The lowest BCUT2D eigenvalue weighted by Crippen LogP contribution is -2.65. The Bertz CT molecular complexity index is 1250. The summed E-state index contributed by atoms with van der Waals surface area (Å²) in [5.41, 5.74) is 0. The van der Waals surface area contributed by atoms with E-state index in [0.29, 0.717) is 12.8 Å². The number of carbonyl (C=O) groups excluding carboxylic acids is 1. The Kier molecular flexibility index (Phi) is 35.6. The number of nitrogens with one attached hydrogen (secondary N) is 1. The standard InChI is InChI=1S/C52H95NO13/c1-3-5-7-9-11-13-15-17-18-19-20-21-22-24-26-28-30-32-34-36-44(57)53-40(41(56)35-33-31-29-27-25-23-16-14-12-10-8-6-4-2)39-63-51-49(62)47(60)50(43(38-55)65-51)66-52-48(61)46(59)45(58)42(37-54)64-52/h12,14,25,27,33,35,40-43,45-52,54-56,58-62H,3-11,13,15-24,26,28-32,34,36-39H2,1-2H3,(H,53,57)/b14-12+,27-25+,35-33+. The number of hydrogen-bond acceptors (Lipinski definition) is 13. The zero-order chi connectivity index (χ0) is 48.2. The molecule has 0 saturated carbocycles. The maximum absolute atomic E-state index is 13.2. The van der Waals surface area contributed by atoms with Crippen LogP contribution in [0.5, 0.6) is 0 Å². The fourth-order valence-electron chi connectivity index (χ4n) is 8.50. The summed E-state index contributed by atoms with van der Waals surface area (Å²) in [6, 6.07) is -0.933. The smallest absolute Gasteiger partial charge is 0.220 e. The van der Waals surface area contributed by atoms with Gasteiger partial charge in [0.2, 0.25) is 5.91 Å². The molecule has 2 aliphatic heterocycles. The topological polar surface area (TPSA) is 228 Å². The molecule has 2 fully saturated rings. The van der Waals surface area contributed by atoms with Gasteiger partial charge >= 0.3 is 0 Å². The Morgan fingerprint density at radius 1 is 0.530 bits per heavy atom. The highest BCUT2D eigenvalue weighted by atomic mass is 16.7. The Labute approximate surface area is 398 Å². The molecule has 0 aromatic heterocycles. The van der Waals surface area contributed by atoms with Gasteiger partial charge in [-0.05, 0) is 44.9 Å². The molecule has 14 heteroatoms. The van der Waals surface area contributed by atoms with Gasteiger partial charge in [0.25, 0.3) is 0 Å². The van der Waals surface area contributed by atoms with Gasteiger partial charge in [-0.15, -0.1) is 0 Å². The fourth-order valence-corrected chi connectivity index (χ4v) is 8.50. The van der Waals surface area contributed by atoms with Crippen LogP contribution in [0.3, 0.4) is 0 Å². The Morgan fingerprint density at radius 3 is 1.48 bits per heavy atom. The van der Waals surface area contributed by atoms with Gasteiger partial charge in [0, 0.05) is 6.42 Å². The molecule has 2 heterocycles. The second-order valence-electron chi connectivity index (χ2n) is 18.6. The maximum Gasteiger partial charge on any atom is 0.220 e. The number of amides is 1. The Balaban J connectivity index is 1.83. The molecule has 66 heavy (non-hydrogen) atoms. The van der Waals surface area contributed by atoms with Crippen molar-refractivity contribution >= 4 is 5.91 Å². The molecule has 2 saturated heterocycles. The van der Waals surface area contributed by atoms with Crippen LogP contribution in [0.4, 0.5) is 0 Å². The number of unbranched alkanes of at least 4 members (excludes halogenated alkanes) is 23. The fraction of sp³-hybridized carbons (Fsp3) is 0.865. The van der Waals surface area contributed by atoms with E-state index in [9.17, 15) is 45.6 Å². The van der Waals surface area contributed by atoms with E-state index in [1.165, 1.54) is 116 Å². The first-order valence-corrected chi connectivity index (χ1v) is 26.2. The van der Waals surface area contributed by atoms with Crippen molar-refractivity contribution in [3.8, 4) is 0 Å². The van der Waals surface area contributed by atoms with Crippen LogP contribution in [-0.2, 0) is 23.7 Å². The molecule has 2 aliphatic rings. The van der Waals surface area contributed by atoms with Crippen molar-refractivity contribution in [2.45, 2.75) is 267 Å². The predicted octanol–water partition coefficient (Wildman–Crippen LogP) is 7.10. The van der Waals surface area contributed by atoms with Crippen LogP contribution >= 0.6 is 0 Å². The third-order valence-electron chi connectivity index (χ3n) is 12.8. The van der Waals surface area contributed by atoms with Crippen molar-refractivity contribution in [2.75, 3.05) is 19.8 Å². The predicted molar refractivity (Wildman–Crippen MR) is 258 cm³/mol. The van der Waals surface area contributed by atoms with Crippen LogP contribution < -0.4 is 5.32 Å². The Morgan fingerprint density at radius 2 is 0.970 bits per heavy atom. The largest absolute Gasteiger partial charge is 0.394 e. The molecule has 0 radical (unpaired) electrons. The average Bonchev–Trinajstić information content (AvgIpc) is 3.31. The molecule has 9 N–H and O–H groups in total. The van der Waals surface area contributed by atoms with Crippen LogP contribution in [-0.4, -0.2) is 140 Å². The van der Waals surface area contributed by atoms with Crippen molar-refractivity contribution in [3.63, 3.8) is 0 Å². The van der Waals surface area contributed by atoms with Crippen LogP contribution in [0.2, 0.25) is 0 Å². The van der Waals surface area contributed by atoms with E-state index >= 15 is 0 Å². The van der Waals surface area contributed by atoms with E-state index < -0.39 is 86.8 Å². The molecule has 0 aliphatic carbocycles. The van der Waals surface area contributed by atoms with E-state index in [1.807, 2.05) is 6.08 Å². The molecule has 14 nitrogen and oxygen atoms in total. The lowest BCUT2D eigenvalue weighted by molar-refractivity contribution is -0.359. The number of rotatable bonds is 40. The summed E-state index contributed by atoms with van der Waals surface area (Å²) in [7, 11) is 0. The van der Waals surface area contributed by atoms with E-state index in [4.69, 9.17) is 18.9 Å². The molecule has 1 amide bonds. The van der Waals surface area contributed by atoms with E-state index in [1.54, 1.807) is 6.08 Å². The molecule has 12 unspecified atom stereocenters. The normalized spacial score (nSPS) is 27.1. The molecule has 12 atom stereocenters. The molecule has 386 valence electrons. The van der Waals surface area contributed by atoms with Crippen LogP contribution in [0.25, 0.3) is 0 Å². The minimum Gasteiger partial charge on any atom is -0.394 e. The van der Waals surface area contributed by atoms with Crippen molar-refractivity contribution in [2.24, 2.45) is 0 Å². The number of aliphatic hydroxyl groups is 8. The number of ether oxygens (including phenoxy) is 4. The molecule has 0 aromatic carbocycles. The van der Waals surface area contributed by atoms with Crippen LogP contribution in [0.15, 0.2) is 36.5 Å². The first kappa shape index (κ1) is 60.3. The van der Waals surface area contributed by atoms with Gasteiger partial charge in [-0.1, -0.05) is 179 Å². The number of carbonyl (C=O) groups is 1. The minimum absolute atomic E-state index is 0.253. The highest BCUT2D eigenvalue weighted by molar-refractivity contribution is 5.76. The summed E-state index contributed by atoms with van der Waals surface area (Å²) >= 11 is 0. The van der Waals surface area contributed by atoms with Gasteiger partial charge in [-0.25, -0.2) is 0 Å². The van der Waals surface area contributed by atoms with Gasteiger partial charge < -0.3 is 65.1 Å². The van der Waals surface area contributed by atoms with Crippen LogP contribution in [0.1, 0.15) is 194 Å². The summed E-state index contributed by atoms with van der Waals surface area (Å²) in [5, 5.41) is 86.7. The SMILES string of the molecule is CCCCC/C=C/CC/C=C/CC/C=C/C(O)C(COC1OC(CO)C(OC2OC(CO)C(O)C(O)C2O)C(O)C1O)NC(=O)CCCCCCCCCCCCCCCCCCCCC. The molecular formula is C52H95NO13. The van der Waals surface area contributed by atoms with Crippen LogP contribution in [0, 0.1) is 0 Å². The third-order valence-corrected chi connectivity index (χ3v) is 12.8. The zero-order valence-corrected chi connectivity index (χ0v) is 40.9. The molecule has 2 rings (SSSR count). The maximum atomic E-state index is 13.2. The summed E-state index contributed by atoms with van der Waals surface area (Å²) < 4.78 is 22.7. The lowest BCUT2D eigenvalue weighted by atomic mass is 9.97. The second-order valence-corrected chi connectivity index (χ2v) is 18.6. The quantitative estimate of drug-likeness (QED) is 0.0221. The van der Waals surface area contributed by atoms with Gasteiger partial charge in [-0.2, -0.15) is 0 Å².